The lowest BCUT2D eigenvalue weighted by molar-refractivity contribution is 0.561. The van der Waals surface area contributed by atoms with Crippen LogP contribution in [0.5, 0.6) is 5.75 Å². The fraction of sp³-hybridized carbons (Fsp3) is 0.412. The van der Waals surface area contributed by atoms with Gasteiger partial charge in [-0.2, -0.15) is 5.10 Å². The molecule has 0 amide bonds. The summed E-state index contributed by atoms with van der Waals surface area (Å²) >= 11 is 0. The number of aromatic amines is 1. The SMILES string of the molecule is Cc1cc(=O)[nH]nc1-c1ccc(C(C)(C)C)cc1O[SiH](C)C. The highest BCUT2D eigenvalue weighted by atomic mass is 28.3. The third kappa shape index (κ3) is 3.65. The fourth-order valence-electron chi connectivity index (χ4n) is 2.31. The smallest absolute Gasteiger partial charge is 0.264 e. The number of H-pyrrole nitrogens is 1. The van der Waals surface area contributed by atoms with Gasteiger partial charge in [-0.1, -0.05) is 26.8 Å². The van der Waals surface area contributed by atoms with Crippen LogP contribution in [0, 0.1) is 6.92 Å². The molecule has 5 heteroatoms. The summed E-state index contributed by atoms with van der Waals surface area (Å²) in [6, 6.07) is 7.82. The number of nitrogens with zero attached hydrogens (tertiary/aromatic N) is 1. The second kappa shape index (κ2) is 6.08. The Balaban J connectivity index is 2.61. The van der Waals surface area contributed by atoms with Crippen molar-refractivity contribution in [1.82, 2.24) is 10.2 Å². The minimum atomic E-state index is -1.25. The van der Waals surface area contributed by atoms with E-state index in [0.29, 0.717) is 0 Å². The van der Waals surface area contributed by atoms with Crippen molar-refractivity contribution in [3.05, 3.63) is 45.7 Å². The standard InChI is InChI=1S/C17H24N2O2Si/c1-11-9-15(20)18-19-16(11)13-8-7-12(17(2,3)4)10-14(13)21-22(5)6/h7-10,22H,1-6H3,(H,18,20). The lowest BCUT2D eigenvalue weighted by Gasteiger charge is -2.22. The van der Waals surface area contributed by atoms with Crippen molar-refractivity contribution >= 4 is 9.04 Å². The van der Waals surface area contributed by atoms with Crippen LogP contribution < -0.4 is 9.99 Å². The van der Waals surface area contributed by atoms with Crippen molar-refractivity contribution in [2.24, 2.45) is 0 Å². The highest BCUT2D eigenvalue weighted by Gasteiger charge is 2.19. The molecule has 0 saturated heterocycles. The predicted octanol–water partition coefficient (Wildman–Crippen LogP) is 3.41. The van der Waals surface area contributed by atoms with E-state index < -0.39 is 9.04 Å². The summed E-state index contributed by atoms with van der Waals surface area (Å²) < 4.78 is 6.13. The largest absolute Gasteiger partial charge is 0.547 e. The van der Waals surface area contributed by atoms with E-state index in [1.807, 2.05) is 13.0 Å². The Morgan fingerprint density at radius 1 is 1.18 bits per heavy atom. The molecule has 0 aliphatic rings. The normalized spacial score (nSPS) is 11.8. The summed E-state index contributed by atoms with van der Waals surface area (Å²) in [5.74, 6) is 0.858. The quantitative estimate of drug-likeness (QED) is 0.883. The molecule has 4 nitrogen and oxygen atoms in total. The number of aromatic nitrogens is 2. The molecule has 0 radical (unpaired) electrons. The lowest BCUT2D eigenvalue weighted by Crippen LogP contribution is -2.16. The van der Waals surface area contributed by atoms with Crippen LogP contribution in [0.3, 0.4) is 0 Å². The number of rotatable bonds is 3. The van der Waals surface area contributed by atoms with Crippen LogP contribution in [0.2, 0.25) is 13.1 Å². The minimum absolute atomic E-state index is 0.0582. The van der Waals surface area contributed by atoms with Gasteiger partial charge >= 0.3 is 0 Å². The van der Waals surface area contributed by atoms with E-state index in [-0.39, 0.29) is 11.0 Å². The van der Waals surface area contributed by atoms with Crippen LogP contribution in [0.4, 0.5) is 0 Å². The van der Waals surface area contributed by atoms with E-state index in [4.69, 9.17) is 4.43 Å². The molecule has 22 heavy (non-hydrogen) atoms. The number of nitrogens with one attached hydrogen (secondary N) is 1. The third-order valence-corrected chi connectivity index (χ3v) is 4.19. The molecule has 2 rings (SSSR count). The molecule has 2 aromatic rings. The van der Waals surface area contributed by atoms with Crippen LogP contribution in [-0.4, -0.2) is 19.2 Å². The molecule has 0 saturated carbocycles. The second-order valence-electron chi connectivity index (χ2n) is 6.89. The Kier molecular flexibility index (Phi) is 4.56. The first-order chi connectivity index (χ1) is 10.2. The molecule has 0 fully saturated rings. The highest BCUT2D eigenvalue weighted by molar-refractivity contribution is 6.49. The van der Waals surface area contributed by atoms with Gasteiger partial charge in [0.2, 0.25) is 9.04 Å². The average molecular weight is 316 g/mol. The number of benzene rings is 1. The number of hydrogen-bond donors (Lipinski definition) is 1. The Hall–Kier alpha value is -1.88. The topological polar surface area (TPSA) is 55.0 Å². The third-order valence-electron chi connectivity index (χ3n) is 3.46. The fourth-order valence-corrected chi connectivity index (χ4v) is 3.01. The van der Waals surface area contributed by atoms with Crippen LogP contribution in [-0.2, 0) is 5.41 Å². The van der Waals surface area contributed by atoms with Gasteiger partial charge in [0.05, 0.1) is 5.69 Å². The molecule has 1 aromatic heterocycles. The van der Waals surface area contributed by atoms with E-state index >= 15 is 0 Å². The van der Waals surface area contributed by atoms with Crippen molar-refractivity contribution in [1.29, 1.82) is 0 Å². The Morgan fingerprint density at radius 2 is 1.86 bits per heavy atom. The highest BCUT2D eigenvalue weighted by Crippen LogP contribution is 2.35. The van der Waals surface area contributed by atoms with Gasteiger partial charge in [-0.25, -0.2) is 5.10 Å². The molecule has 0 aliphatic carbocycles. The lowest BCUT2D eigenvalue weighted by atomic mass is 9.86. The molecule has 1 heterocycles. The molecule has 0 unspecified atom stereocenters. The summed E-state index contributed by atoms with van der Waals surface area (Å²) in [4.78, 5) is 11.4. The monoisotopic (exact) mass is 316 g/mol. The van der Waals surface area contributed by atoms with E-state index in [2.05, 4.69) is 56.2 Å². The molecule has 1 aromatic carbocycles. The molecular weight excluding hydrogens is 292 g/mol. The van der Waals surface area contributed by atoms with Gasteiger partial charge in [0.1, 0.15) is 5.75 Å². The van der Waals surface area contributed by atoms with Crippen molar-refractivity contribution in [2.75, 3.05) is 0 Å². The van der Waals surface area contributed by atoms with Crippen molar-refractivity contribution in [3.63, 3.8) is 0 Å². The van der Waals surface area contributed by atoms with E-state index in [1.165, 1.54) is 5.56 Å². The van der Waals surface area contributed by atoms with Gasteiger partial charge in [0.25, 0.3) is 5.56 Å². The maximum Gasteiger partial charge on any atom is 0.264 e. The van der Waals surface area contributed by atoms with Crippen LogP contribution in [0.15, 0.2) is 29.1 Å². The summed E-state index contributed by atoms with van der Waals surface area (Å²) in [5, 5.41) is 6.72. The van der Waals surface area contributed by atoms with Crippen molar-refractivity contribution < 1.29 is 4.43 Å². The van der Waals surface area contributed by atoms with E-state index in [1.54, 1.807) is 6.07 Å². The molecule has 0 aliphatic heterocycles. The Labute approximate surface area is 133 Å². The maximum atomic E-state index is 11.4. The zero-order valence-corrected chi connectivity index (χ0v) is 15.3. The molecule has 0 bridgehead atoms. The first-order valence-electron chi connectivity index (χ1n) is 7.56. The summed E-state index contributed by atoms with van der Waals surface area (Å²) in [6.45, 7) is 12.7. The van der Waals surface area contributed by atoms with Gasteiger partial charge in [0.15, 0.2) is 0 Å². The van der Waals surface area contributed by atoms with Crippen LogP contribution >= 0.6 is 0 Å². The molecular formula is C17H24N2O2Si. The zero-order valence-electron chi connectivity index (χ0n) is 14.2. The van der Waals surface area contributed by atoms with Crippen molar-refractivity contribution in [3.8, 4) is 17.0 Å². The minimum Gasteiger partial charge on any atom is -0.547 e. The van der Waals surface area contributed by atoms with Crippen molar-refractivity contribution in [2.45, 2.75) is 46.2 Å². The van der Waals surface area contributed by atoms with E-state index in [0.717, 1.165) is 22.6 Å². The maximum absolute atomic E-state index is 11.4. The zero-order chi connectivity index (χ0) is 16.5. The van der Waals surface area contributed by atoms with Crippen LogP contribution in [0.25, 0.3) is 11.3 Å². The summed E-state index contributed by atoms with van der Waals surface area (Å²) in [5.41, 5.74) is 3.65. The molecule has 118 valence electrons. The van der Waals surface area contributed by atoms with Gasteiger partial charge in [-0.15, -0.1) is 0 Å². The van der Waals surface area contributed by atoms with Gasteiger partial charge in [-0.05, 0) is 48.7 Å². The van der Waals surface area contributed by atoms with E-state index in [9.17, 15) is 4.79 Å². The summed E-state index contributed by atoms with van der Waals surface area (Å²) in [6.07, 6.45) is 0. The molecule has 0 atom stereocenters. The molecule has 0 spiro atoms. The average Bonchev–Trinajstić information content (AvgIpc) is 2.37. The Bertz CT molecular complexity index is 730. The Morgan fingerprint density at radius 3 is 2.41 bits per heavy atom. The number of hydrogen-bond acceptors (Lipinski definition) is 3. The second-order valence-corrected chi connectivity index (χ2v) is 9.22. The van der Waals surface area contributed by atoms with Crippen LogP contribution in [0.1, 0.15) is 31.9 Å². The number of aryl methyl sites for hydroxylation is 1. The summed E-state index contributed by atoms with van der Waals surface area (Å²) in [7, 11) is -1.25. The predicted molar refractivity (Wildman–Crippen MR) is 93.2 cm³/mol. The van der Waals surface area contributed by atoms with Gasteiger partial charge in [-0.3, -0.25) is 4.79 Å². The first-order valence-corrected chi connectivity index (χ1v) is 10.3. The van der Waals surface area contributed by atoms with Gasteiger partial charge < -0.3 is 4.43 Å². The van der Waals surface area contributed by atoms with Gasteiger partial charge in [0, 0.05) is 11.6 Å². The molecule has 1 N–H and O–H groups in total. The first kappa shape index (κ1) is 16.5.